The fraction of sp³-hybridized carbons (Fsp3) is 0.0870. The molecule has 0 aliphatic carbocycles. The third-order valence-corrected chi connectivity index (χ3v) is 4.47. The number of amides is 1. The number of fused-ring (bicyclic) bond motifs is 1. The molecule has 0 bridgehead atoms. The predicted octanol–water partition coefficient (Wildman–Crippen LogP) is 4.10. The van der Waals surface area contributed by atoms with Gasteiger partial charge in [0.1, 0.15) is 23.1 Å². The predicted molar refractivity (Wildman–Crippen MR) is 113 cm³/mol. The number of ether oxygens (including phenoxy) is 2. The molecular formula is C23H18N2O5. The summed E-state index contributed by atoms with van der Waals surface area (Å²) in [5.41, 5.74) is 0.690. The summed E-state index contributed by atoms with van der Waals surface area (Å²) in [5, 5.41) is 22.9. The second-order valence-corrected chi connectivity index (χ2v) is 6.28. The molecule has 3 rings (SSSR count). The lowest BCUT2D eigenvalue weighted by Crippen LogP contribution is -2.14. The highest BCUT2D eigenvalue weighted by molar-refractivity contribution is 6.11. The summed E-state index contributed by atoms with van der Waals surface area (Å²) < 4.78 is 10.7. The second-order valence-electron chi connectivity index (χ2n) is 6.28. The van der Waals surface area contributed by atoms with E-state index in [1.807, 2.05) is 24.3 Å². The summed E-state index contributed by atoms with van der Waals surface area (Å²) in [6, 6.07) is 16.8. The number of methoxy groups -OCH3 is 2. The van der Waals surface area contributed by atoms with Crippen LogP contribution >= 0.6 is 0 Å². The summed E-state index contributed by atoms with van der Waals surface area (Å²) >= 11 is 0. The maximum absolute atomic E-state index is 12.7. The lowest BCUT2D eigenvalue weighted by molar-refractivity contribution is -0.112. The minimum Gasteiger partial charge on any atom is -0.497 e. The summed E-state index contributed by atoms with van der Waals surface area (Å²) in [6.07, 6.45) is 1.44. The molecule has 0 spiro atoms. The molecule has 30 heavy (non-hydrogen) atoms. The van der Waals surface area contributed by atoms with Crippen LogP contribution in [0, 0.1) is 11.3 Å². The molecule has 7 heteroatoms. The summed E-state index contributed by atoms with van der Waals surface area (Å²) in [7, 11) is 3.05. The summed E-state index contributed by atoms with van der Waals surface area (Å²) in [5.74, 6) is -0.665. The molecule has 0 aliphatic heterocycles. The van der Waals surface area contributed by atoms with Gasteiger partial charge in [0.05, 0.1) is 19.8 Å². The van der Waals surface area contributed by atoms with Crippen molar-refractivity contribution in [1.82, 2.24) is 0 Å². The monoisotopic (exact) mass is 402 g/mol. The smallest absolute Gasteiger partial charge is 0.335 e. The zero-order valence-corrected chi connectivity index (χ0v) is 16.3. The van der Waals surface area contributed by atoms with Crippen LogP contribution in [-0.4, -0.2) is 31.2 Å². The highest BCUT2D eigenvalue weighted by atomic mass is 16.5. The van der Waals surface area contributed by atoms with Crippen molar-refractivity contribution in [2.75, 3.05) is 19.5 Å². The maximum atomic E-state index is 12.7. The Kier molecular flexibility index (Phi) is 5.99. The van der Waals surface area contributed by atoms with Crippen LogP contribution < -0.4 is 14.8 Å². The number of hydrogen-bond donors (Lipinski definition) is 2. The van der Waals surface area contributed by atoms with Crippen LogP contribution in [0.4, 0.5) is 5.69 Å². The van der Waals surface area contributed by atoms with Crippen molar-refractivity contribution < 1.29 is 24.2 Å². The second kappa shape index (κ2) is 8.80. The van der Waals surface area contributed by atoms with Gasteiger partial charge < -0.3 is 19.9 Å². The number of hydrogen-bond acceptors (Lipinski definition) is 5. The number of carboxylic acid groups (broad SMARTS) is 1. The van der Waals surface area contributed by atoms with Crippen molar-refractivity contribution in [3.63, 3.8) is 0 Å². The topological polar surface area (TPSA) is 109 Å². The van der Waals surface area contributed by atoms with E-state index in [1.54, 1.807) is 25.3 Å². The van der Waals surface area contributed by atoms with E-state index >= 15 is 0 Å². The fourth-order valence-electron chi connectivity index (χ4n) is 2.98. The van der Waals surface area contributed by atoms with Gasteiger partial charge in [0.25, 0.3) is 5.91 Å². The van der Waals surface area contributed by atoms with E-state index in [4.69, 9.17) is 14.6 Å². The van der Waals surface area contributed by atoms with Crippen molar-refractivity contribution in [3.8, 4) is 17.6 Å². The largest absolute Gasteiger partial charge is 0.497 e. The zero-order chi connectivity index (χ0) is 21.7. The van der Waals surface area contributed by atoms with E-state index in [1.165, 1.54) is 31.4 Å². The Bertz CT molecular complexity index is 1200. The van der Waals surface area contributed by atoms with E-state index in [9.17, 15) is 14.9 Å². The molecule has 3 aromatic carbocycles. The molecule has 0 unspecified atom stereocenters. The van der Waals surface area contributed by atoms with Gasteiger partial charge in [0, 0.05) is 11.3 Å². The van der Waals surface area contributed by atoms with Gasteiger partial charge in [-0.3, -0.25) is 4.79 Å². The molecule has 0 aromatic heterocycles. The lowest BCUT2D eigenvalue weighted by atomic mass is 10.0. The number of carboxylic acids is 1. The Morgan fingerprint density at radius 2 is 1.83 bits per heavy atom. The van der Waals surface area contributed by atoms with E-state index in [0.717, 1.165) is 10.8 Å². The Hall–Kier alpha value is -4.31. The molecule has 0 heterocycles. The minimum atomic E-state index is -1.11. The van der Waals surface area contributed by atoms with Crippen LogP contribution in [0.5, 0.6) is 11.5 Å². The average Bonchev–Trinajstić information content (AvgIpc) is 2.76. The number of anilines is 1. The number of nitrogens with zero attached hydrogens (tertiary/aromatic N) is 1. The molecule has 0 fully saturated rings. The summed E-state index contributed by atoms with van der Waals surface area (Å²) in [4.78, 5) is 23.8. The third kappa shape index (κ3) is 4.23. The Labute approximate surface area is 172 Å². The number of aromatic carboxylic acids is 1. The van der Waals surface area contributed by atoms with Gasteiger partial charge in [-0.05, 0) is 53.2 Å². The first-order chi connectivity index (χ1) is 14.5. The van der Waals surface area contributed by atoms with Gasteiger partial charge in [-0.25, -0.2) is 4.79 Å². The van der Waals surface area contributed by atoms with Crippen LogP contribution in [0.1, 0.15) is 15.9 Å². The molecular weight excluding hydrogens is 384 g/mol. The SMILES string of the molecule is COc1ccc2ccc(OC)c(C=C(C#N)C(=O)Nc3cccc(C(=O)O)c3)c2c1. The number of benzene rings is 3. The van der Waals surface area contributed by atoms with Crippen LogP contribution in [0.25, 0.3) is 16.8 Å². The fourth-order valence-corrected chi connectivity index (χ4v) is 2.98. The Morgan fingerprint density at radius 1 is 1.07 bits per heavy atom. The van der Waals surface area contributed by atoms with Crippen molar-refractivity contribution in [2.45, 2.75) is 0 Å². The molecule has 0 saturated carbocycles. The molecule has 2 N–H and O–H groups in total. The van der Waals surface area contributed by atoms with Gasteiger partial charge in [0.15, 0.2) is 0 Å². The van der Waals surface area contributed by atoms with Crippen molar-refractivity contribution in [2.24, 2.45) is 0 Å². The molecule has 7 nitrogen and oxygen atoms in total. The summed E-state index contributed by atoms with van der Waals surface area (Å²) in [6.45, 7) is 0. The quantitative estimate of drug-likeness (QED) is 0.475. The van der Waals surface area contributed by atoms with Crippen molar-refractivity contribution in [1.29, 1.82) is 5.26 Å². The number of carbonyl (C=O) groups excluding carboxylic acids is 1. The highest BCUT2D eigenvalue weighted by Crippen LogP contribution is 2.32. The normalized spacial score (nSPS) is 10.9. The number of nitriles is 1. The lowest BCUT2D eigenvalue weighted by Gasteiger charge is -2.11. The van der Waals surface area contributed by atoms with Crippen molar-refractivity contribution in [3.05, 3.63) is 71.3 Å². The molecule has 0 saturated heterocycles. The number of carbonyl (C=O) groups is 2. The van der Waals surface area contributed by atoms with E-state index in [2.05, 4.69) is 5.32 Å². The first-order valence-corrected chi connectivity index (χ1v) is 8.88. The molecule has 0 atom stereocenters. The molecule has 3 aromatic rings. The Balaban J connectivity index is 2.04. The maximum Gasteiger partial charge on any atom is 0.335 e. The van der Waals surface area contributed by atoms with E-state index < -0.39 is 11.9 Å². The standard InChI is InChI=1S/C23H18N2O5/c1-29-18-8-6-14-7-9-21(30-2)20(19(14)12-18)11-16(13-24)22(26)25-17-5-3-4-15(10-17)23(27)28/h3-12H,1-2H3,(H,25,26)(H,27,28). The van der Waals surface area contributed by atoms with Gasteiger partial charge in [-0.1, -0.05) is 18.2 Å². The van der Waals surface area contributed by atoms with Crippen molar-refractivity contribution >= 4 is 34.4 Å². The molecule has 1 amide bonds. The number of nitrogens with one attached hydrogen (secondary N) is 1. The Morgan fingerprint density at radius 3 is 2.50 bits per heavy atom. The molecule has 0 aliphatic rings. The van der Waals surface area contributed by atoms with Crippen LogP contribution in [0.15, 0.2) is 60.2 Å². The number of rotatable bonds is 6. The van der Waals surface area contributed by atoms with Gasteiger partial charge in [0.2, 0.25) is 0 Å². The highest BCUT2D eigenvalue weighted by Gasteiger charge is 2.15. The molecule has 150 valence electrons. The third-order valence-electron chi connectivity index (χ3n) is 4.47. The zero-order valence-electron chi connectivity index (χ0n) is 16.3. The van der Waals surface area contributed by atoms with E-state index in [0.29, 0.717) is 17.1 Å². The van der Waals surface area contributed by atoms with Crippen LogP contribution in [-0.2, 0) is 4.79 Å². The van der Waals surface area contributed by atoms with Gasteiger partial charge in [-0.2, -0.15) is 5.26 Å². The van der Waals surface area contributed by atoms with Crippen LogP contribution in [0.2, 0.25) is 0 Å². The molecule has 0 radical (unpaired) electrons. The first kappa shape index (κ1) is 20.4. The first-order valence-electron chi connectivity index (χ1n) is 8.88. The minimum absolute atomic E-state index is 0.0260. The van der Waals surface area contributed by atoms with Gasteiger partial charge in [-0.15, -0.1) is 0 Å². The van der Waals surface area contributed by atoms with Gasteiger partial charge >= 0.3 is 5.97 Å². The van der Waals surface area contributed by atoms with Crippen LogP contribution in [0.3, 0.4) is 0 Å². The van der Waals surface area contributed by atoms with E-state index in [-0.39, 0.29) is 16.8 Å². The average molecular weight is 402 g/mol.